The average molecular weight is 335 g/mol. The van der Waals surface area contributed by atoms with Gasteiger partial charge in [-0.25, -0.2) is 23.1 Å². The highest BCUT2D eigenvalue weighted by Crippen LogP contribution is 2.08. The molecule has 9 heteroatoms. The number of nitrogens with one attached hydrogen (secondary N) is 2. The zero-order chi connectivity index (χ0) is 16.9. The zero-order valence-electron chi connectivity index (χ0n) is 12.5. The Morgan fingerprint density at radius 1 is 1.13 bits per heavy atom. The second-order valence-electron chi connectivity index (χ2n) is 4.75. The third-order valence-corrected chi connectivity index (χ3v) is 4.42. The van der Waals surface area contributed by atoms with Crippen LogP contribution in [-0.4, -0.2) is 31.3 Å². The monoisotopic (exact) mass is 335 g/mol. The summed E-state index contributed by atoms with van der Waals surface area (Å²) in [5.41, 5.74) is 7.14. The van der Waals surface area contributed by atoms with Crippen LogP contribution in [0.5, 0.6) is 0 Å². The molecule has 0 fully saturated rings. The number of anilines is 1. The number of amides is 1. The topological polar surface area (TPSA) is 127 Å². The lowest BCUT2D eigenvalue weighted by Gasteiger charge is -2.07. The van der Waals surface area contributed by atoms with Gasteiger partial charge in [0.15, 0.2) is 11.5 Å². The first-order valence-electron chi connectivity index (χ1n) is 6.75. The summed E-state index contributed by atoms with van der Waals surface area (Å²) < 4.78 is 25.2. The fourth-order valence-electron chi connectivity index (χ4n) is 1.83. The van der Waals surface area contributed by atoms with Crippen molar-refractivity contribution >= 4 is 21.7 Å². The van der Waals surface area contributed by atoms with E-state index in [2.05, 4.69) is 20.0 Å². The van der Waals surface area contributed by atoms with Gasteiger partial charge in [0.25, 0.3) is 5.91 Å². The Morgan fingerprint density at radius 3 is 2.35 bits per heavy atom. The van der Waals surface area contributed by atoms with Gasteiger partial charge in [0, 0.05) is 18.9 Å². The fourth-order valence-corrected chi connectivity index (χ4v) is 2.61. The van der Waals surface area contributed by atoms with Gasteiger partial charge in [-0.2, -0.15) is 0 Å². The Morgan fingerprint density at radius 2 is 1.74 bits per heavy atom. The van der Waals surface area contributed by atoms with Gasteiger partial charge in [0.2, 0.25) is 10.0 Å². The smallest absolute Gasteiger partial charge is 0.273 e. The van der Waals surface area contributed by atoms with Gasteiger partial charge in [0.05, 0.1) is 5.75 Å². The molecule has 122 valence electrons. The second kappa shape index (κ2) is 7.16. The number of carbonyl (C=O) groups excluding carboxylic acids is 1. The van der Waals surface area contributed by atoms with E-state index in [1.165, 1.54) is 19.4 Å². The molecule has 2 rings (SSSR count). The number of rotatable bonds is 6. The van der Waals surface area contributed by atoms with Crippen molar-refractivity contribution in [2.24, 2.45) is 0 Å². The molecule has 0 aliphatic carbocycles. The third kappa shape index (κ3) is 4.73. The lowest BCUT2D eigenvalue weighted by molar-refractivity contribution is 0.0946. The molecule has 0 atom stereocenters. The van der Waals surface area contributed by atoms with Crippen molar-refractivity contribution in [2.75, 3.05) is 12.8 Å². The molecule has 0 bridgehead atoms. The largest absolute Gasteiger partial charge is 0.382 e. The predicted octanol–water partition coefficient (Wildman–Crippen LogP) is 0.0380. The van der Waals surface area contributed by atoms with Gasteiger partial charge in [-0.1, -0.05) is 24.3 Å². The van der Waals surface area contributed by atoms with Gasteiger partial charge in [-0.3, -0.25) is 4.79 Å². The molecule has 0 unspecified atom stereocenters. The van der Waals surface area contributed by atoms with Crippen molar-refractivity contribution in [3.8, 4) is 0 Å². The zero-order valence-corrected chi connectivity index (χ0v) is 13.3. The highest BCUT2D eigenvalue weighted by molar-refractivity contribution is 7.88. The number of nitrogens with zero attached hydrogens (tertiary/aromatic N) is 2. The van der Waals surface area contributed by atoms with Gasteiger partial charge in [-0.05, 0) is 18.2 Å². The van der Waals surface area contributed by atoms with E-state index in [0.717, 1.165) is 5.56 Å². The molecule has 8 nitrogen and oxygen atoms in total. The van der Waals surface area contributed by atoms with Crippen molar-refractivity contribution < 1.29 is 13.2 Å². The molecule has 0 radical (unpaired) electrons. The first-order valence-corrected chi connectivity index (χ1v) is 8.40. The predicted molar refractivity (Wildman–Crippen MR) is 85.7 cm³/mol. The van der Waals surface area contributed by atoms with Crippen LogP contribution < -0.4 is 15.8 Å². The third-order valence-electron chi connectivity index (χ3n) is 3.09. The molecule has 0 spiro atoms. The molecule has 2 aromatic rings. The minimum absolute atomic E-state index is 0.0672. The van der Waals surface area contributed by atoms with E-state index >= 15 is 0 Å². The van der Waals surface area contributed by atoms with E-state index < -0.39 is 15.9 Å². The molecule has 0 saturated carbocycles. The number of hydrogen-bond donors (Lipinski definition) is 3. The standard InChI is InChI=1S/C14H17N5O3S/c1-16-23(21,22)9-11-4-2-10(3-5-11)8-19-14(20)12-13(15)18-7-6-17-12/h2-7,16H,8-9H2,1H3,(H2,15,18)(H,19,20). The van der Waals surface area contributed by atoms with E-state index in [4.69, 9.17) is 5.73 Å². The van der Waals surface area contributed by atoms with Crippen LogP contribution in [0, 0.1) is 0 Å². The number of nitrogens with two attached hydrogens (primary N) is 1. The summed E-state index contributed by atoms with van der Waals surface area (Å²) in [6.45, 7) is 0.272. The highest BCUT2D eigenvalue weighted by atomic mass is 32.2. The van der Waals surface area contributed by atoms with Gasteiger partial charge < -0.3 is 11.1 Å². The lowest BCUT2D eigenvalue weighted by Crippen LogP contribution is -2.25. The quantitative estimate of drug-likeness (QED) is 0.684. The molecular formula is C14H17N5O3S. The minimum atomic E-state index is -3.30. The number of carbonyl (C=O) groups is 1. The number of aromatic nitrogens is 2. The number of benzene rings is 1. The molecule has 4 N–H and O–H groups in total. The van der Waals surface area contributed by atoms with Crippen molar-refractivity contribution in [1.82, 2.24) is 20.0 Å². The van der Waals surface area contributed by atoms with Gasteiger partial charge in [-0.15, -0.1) is 0 Å². The van der Waals surface area contributed by atoms with Crippen LogP contribution in [-0.2, 0) is 22.3 Å². The molecule has 0 aliphatic rings. The maximum absolute atomic E-state index is 12.0. The molecular weight excluding hydrogens is 318 g/mol. The van der Waals surface area contributed by atoms with Crippen molar-refractivity contribution in [2.45, 2.75) is 12.3 Å². The Bertz CT molecular complexity index is 790. The average Bonchev–Trinajstić information content (AvgIpc) is 2.54. The van der Waals surface area contributed by atoms with Gasteiger partial charge in [0.1, 0.15) is 0 Å². The maximum atomic E-state index is 12.0. The highest BCUT2D eigenvalue weighted by Gasteiger charge is 2.12. The number of hydrogen-bond acceptors (Lipinski definition) is 6. The lowest BCUT2D eigenvalue weighted by atomic mass is 10.1. The fraction of sp³-hybridized carbons (Fsp3) is 0.214. The summed E-state index contributed by atoms with van der Waals surface area (Å²) in [5.74, 6) is -0.443. The Kier molecular flexibility index (Phi) is 5.24. The molecule has 23 heavy (non-hydrogen) atoms. The molecule has 1 heterocycles. The van der Waals surface area contributed by atoms with Crippen molar-refractivity contribution in [3.63, 3.8) is 0 Å². The molecule has 1 amide bonds. The Balaban J connectivity index is 1.97. The van der Waals surface area contributed by atoms with Gasteiger partial charge >= 0.3 is 0 Å². The SMILES string of the molecule is CNS(=O)(=O)Cc1ccc(CNC(=O)c2nccnc2N)cc1. The summed E-state index contributed by atoms with van der Waals surface area (Å²) in [6.07, 6.45) is 2.80. The Labute approximate surface area is 134 Å². The van der Waals surface area contributed by atoms with E-state index in [-0.39, 0.29) is 23.8 Å². The summed E-state index contributed by atoms with van der Waals surface area (Å²) in [4.78, 5) is 19.6. The molecule has 0 aliphatic heterocycles. The van der Waals surface area contributed by atoms with Crippen molar-refractivity contribution in [1.29, 1.82) is 0 Å². The van der Waals surface area contributed by atoms with E-state index in [0.29, 0.717) is 5.56 Å². The summed E-state index contributed by atoms with van der Waals surface area (Å²) in [5, 5.41) is 2.68. The normalized spacial score (nSPS) is 11.2. The van der Waals surface area contributed by atoms with E-state index in [1.807, 2.05) is 0 Å². The summed E-state index contributed by atoms with van der Waals surface area (Å²) >= 11 is 0. The maximum Gasteiger partial charge on any atom is 0.273 e. The van der Waals surface area contributed by atoms with Crippen molar-refractivity contribution in [3.05, 3.63) is 53.5 Å². The second-order valence-corrected chi connectivity index (χ2v) is 6.68. The summed E-state index contributed by atoms with van der Waals surface area (Å²) in [7, 11) is -1.93. The van der Waals surface area contributed by atoms with Crippen LogP contribution in [0.3, 0.4) is 0 Å². The van der Waals surface area contributed by atoms with E-state index in [1.54, 1.807) is 24.3 Å². The van der Waals surface area contributed by atoms with Crippen LogP contribution in [0.2, 0.25) is 0 Å². The van der Waals surface area contributed by atoms with Crippen LogP contribution in [0.1, 0.15) is 21.6 Å². The number of nitrogen functional groups attached to an aromatic ring is 1. The molecule has 1 aromatic carbocycles. The Hall–Kier alpha value is -2.52. The molecule has 1 aromatic heterocycles. The number of sulfonamides is 1. The van der Waals surface area contributed by atoms with Crippen LogP contribution in [0.4, 0.5) is 5.82 Å². The minimum Gasteiger partial charge on any atom is -0.382 e. The first-order chi connectivity index (χ1) is 10.9. The van der Waals surface area contributed by atoms with Crippen LogP contribution in [0.15, 0.2) is 36.7 Å². The first kappa shape index (κ1) is 16.8. The summed E-state index contributed by atoms with van der Waals surface area (Å²) in [6, 6.07) is 6.90. The molecule has 0 saturated heterocycles. The van der Waals surface area contributed by atoms with Crippen LogP contribution in [0.25, 0.3) is 0 Å². The van der Waals surface area contributed by atoms with E-state index in [9.17, 15) is 13.2 Å². The van der Waals surface area contributed by atoms with Crippen LogP contribution >= 0.6 is 0 Å².